The molecule has 2 nitrogen and oxygen atoms in total. The minimum absolute atomic E-state index is 0.420. The van der Waals surface area contributed by atoms with Gasteiger partial charge in [0.1, 0.15) is 16.1 Å². The molecule has 1 unspecified atom stereocenters. The first-order chi connectivity index (χ1) is 11.1. The summed E-state index contributed by atoms with van der Waals surface area (Å²) in [6, 6.07) is 12.2. The van der Waals surface area contributed by atoms with Crippen molar-refractivity contribution in [3.8, 4) is 11.1 Å². The number of rotatable bonds is 3. The Morgan fingerprint density at radius 3 is 1.75 bits per heavy atom. The van der Waals surface area contributed by atoms with Crippen molar-refractivity contribution in [2.45, 2.75) is 31.7 Å². The minimum Gasteiger partial charge on any atom is -0.591 e. The molecular formula is C18H18F3NOS. The fourth-order valence-corrected chi connectivity index (χ4v) is 2.41. The second-order valence-electron chi connectivity index (χ2n) is 6.29. The van der Waals surface area contributed by atoms with Crippen LogP contribution >= 0.6 is 0 Å². The maximum atomic E-state index is 12.6. The van der Waals surface area contributed by atoms with Crippen LogP contribution in [0.15, 0.2) is 52.9 Å². The zero-order valence-electron chi connectivity index (χ0n) is 13.6. The Balaban J connectivity index is 2.13. The van der Waals surface area contributed by atoms with Gasteiger partial charge in [-0.25, -0.2) is 0 Å². The van der Waals surface area contributed by atoms with Gasteiger partial charge in [0.2, 0.25) is 0 Å². The summed E-state index contributed by atoms with van der Waals surface area (Å²) in [6.07, 6.45) is -2.79. The highest BCUT2D eigenvalue weighted by Gasteiger charge is 2.30. The molecule has 0 bridgehead atoms. The molecule has 1 atom stereocenters. The molecule has 6 heteroatoms. The molecule has 2 aromatic rings. The van der Waals surface area contributed by atoms with E-state index in [1.54, 1.807) is 24.3 Å². The lowest BCUT2D eigenvalue weighted by atomic mass is 10.0. The SMILES string of the molecule is CC(C)(C)[S+]([O-])N=Cc1ccc(-c2ccc(C(F)(F)F)cc2)cc1. The van der Waals surface area contributed by atoms with E-state index in [-0.39, 0.29) is 0 Å². The van der Waals surface area contributed by atoms with E-state index in [2.05, 4.69) is 4.40 Å². The molecule has 128 valence electrons. The Morgan fingerprint density at radius 2 is 1.33 bits per heavy atom. The van der Waals surface area contributed by atoms with Gasteiger partial charge >= 0.3 is 6.18 Å². The summed E-state index contributed by atoms with van der Waals surface area (Å²) in [5, 5.41) is 0. The van der Waals surface area contributed by atoms with E-state index in [0.29, 0.717) is 5.56 Å². The summed E-state index contributed by atoms with van der Waals surface area (Å²) in [4.78, 5) is 0. The van der Waals surface area contributed by atoms with E-state index >= 15 is 0 Å². The first-order valence-electron chi connectivity index (χ1n) is 7.31. The van der Waals surface area contributed by atoms with Gasteiger partial charge in [-0.3, -0.25) is 0 Å². The van der Waals surface area contributed by atoms with Gasteiger partial charge in [-0.15, -0.1) is 0 Å². The van der Waals surface area contributed by atoms with E-state index in [4.69, 9.17) is 0 Å². The van der Waals surface area contributed by atoms with Gasteiger partial charge in [0, 0.05) is 0 Å². The molecule has 2 aromatic carbocycles. The minimum atomic E-state index is -4.33. The predicted octanol–water partition coefficient (Wildman–Crippen LogP) is 5.25. The van der Waals surface area contributed by atoms with E-state index in [1.807, 2.05) is 20.8 Å². The van der Waals surface area contributed by atoms with Gasteiger partial charge in [-0.2, -0.15) is 13.2 Å². The van der Waals surface area contributed by atoms with Crippen LogP contribution in [0.25, 0.3) is 11.1 Å². The molecule has 2 rings (SSSR count). The van der Waals surface area contributed by atoms with Crippen LogP contribution in [0, 0.1) is 0 Å². The molecule has 0 aliphatic rings. The molecule has 0 saturated carbocycles. The highest BCUT2D eigenvalue weighted by Crippen LogP contribution is 2.31. The topological polar surface area (TPSA) is 35.4 Å². The second kappa shape index (κ2) is 6.99. The lowest BCUT2D eigenvalue weighted by molar-refractivity contribution is -0.137. The quantitative estimate of drug-likeness (QED) is 0.548. The van der Waals surface area contributed by atoms with Crippen LogP contribution in [0.2, 0.25) is 0 Å². The Hall–Kier alpha value is -1.79. The fraction of sp³-hybridized carbons (Fsp3) is 0.278. The van der Waals surface area contributed by atoms with Crippen LogP contribution in [0.5, 0.6) is 0 Å². The average Bonchev–Trinajstić information content (AvgIpc) is 2.51. The van der Waals surface area contributed by atoms with Crippen LogP contribution in [0.3, 0.4) is 0 Å². The van der Waals surface area contributed by atoms with E-state index in [1.165, 1.54) is 18.3 Å². The second-order valence-corrected chi connectivity index (χ2v) is 8.23. The summed E-state index contributed by atoms with van der Waals surface area (Å²) in [5.74, 6) is 0. The first-order valence-corrected chi connectivity index (χ1v) is 8.42. The van der Waals surface area contributed by atoms with Crippen molar-refractivity contribution >= 4 is 17.6 Å². The van der Waals surface area contributed by atoms with Gasteiger partial charge in [0.15, 0.2) is 0 Å². The maximum absolute atomic E-state index is 12.6. The fourth-order valence-electron chi connectivity index (χ4n) is 1.88. The van der Waals surface area contributed by atoms with Gasteiger partial charge < -0.3 is 4.55 Å². The molecule has 0 aliphatic heterocycles. The highest BCUT2D eigenvalue weighted by molar-refractivity contribution is 7.91. The first kappa shape index (κ1) is 18.5. The molecule has 0 heterocycles. The van der Waals surface area contributed by atoms with Gasteiger partial charge in [0.05, 0.1) is 11.8 Å². The number of halogens is 3. The van der Waals surface area contributed by atoms with Crippen LogP contribution in [0.4, 0.5) is 13.2 Å². The molecule has 0 aliphatic carbocycles. The summed E-state index contributed by atoms with van der Waals surface area (Å²) in [7, 11) is 0. The summed E-state index contributed by atoms with van der Waals surface area (Å²) in [5.41, 5.74) is 1.62. The third-order valence-corrected chi connectivity index (χ3v) is 4.62. The third-order valence-electron chi connectivity index (χ3n) is 3.28. The smallest absolute Gasteiger partial charge is 0.416 e. The molecule has 0 amide bonds. The summed E-state index contributed by atoms with van der Waals surface area (Å²) >= 11 is -1.33. The van der Waals surface area contributed by atoms with Crippen LogP contribution in [-0.2, 0) is 17.5 Å². The van der Waals surface area contributed by atoms with Crippen molar-refractivity contribution in [2.75, 3.05) is 0 Å². The third kappa shape index (κ3) is 4.85. The monoisotopic (exact) mass is 353 g/mol. The van der Waals surface area contributed by atoms with Crippen molar-refractivity contribution in [1.82, 2.24) is 0 Å². The van der Waals surface area contributed by atoms with E-state index < -0.39 is 27.8 Å². The lowest BCUT2D eigenvalue weighted by Gasteiger charge is -2.17. The predicted molar refractivity (Wildman–Crippen MR) is 92.4 cm³/mol. The lowest BCUT2D eigenvalue weighted by Crippen LogP contribution is -2.25. The van der Waals surface area contributed by atoms with Crippen molar-refractivity contribution in [2.24, 2.45) is 4.40 Å². The zero-order chi connectivity index (χ0) is 18.0. The molecule has 0 radical (unpaired) electrons. The molecule has 0 saturated heterocycles. The number of nitrogens with zero attached hydrogens (tertiary/aromatic N) is 1. The van der Waals surface area contributed by atoms with Gasteiger partial charge in [-0.1, -0.05) is 40.8 Å². The highest BCUT2D eigenvalue weighted by atomic mass is 32.2. The largest absolute Gasteiger partial charge is 0.591 e. The Kier molecular flexibility index (Phi) is 5.40. The molecular weight excluding hydrogens is 335 g/mol. The van der Waals surface area contributed by atoms with Gasteiger partial charge in [-0.05, 0) is 49.6 Å². The zero-order valence-corrected chi connectivity index (χ0v) is 14.4. The normalized spacial score (nSPS) is 14.1. The molecule has 0 aromatic heterocycles. The average molecular weight is 353 g/mol. The maximum Gasteiger partial charge on any atom is 0.416 e. The Bertz CT molecular complexity index is 701. The van der Waals surface area contributed by atoms with Crippen molar-refractivity contribution < 1.29 is 17.7 Å². The number of benzene rings is 2. The molecule has 0 fully saturated rings. The van der Waals surface area contributed by atoms with Crippen molar-refractivity contribution in [3.05, 3.63) is 59.7 Å². The van der Waals surface area contributed by atoms with Crippen LogP contribution in [0.1, 0.15) is 31.9 Å². The van der Waals surface area contributed by atoms with Crippen molar-refractivity contribution in [3.63, 3.8) is 0 Å². The molecule has 0 N–H and O–H groups in total. The van der Waals surface area contributed by atoms with E-state index in [0.717, 1.165) is 23.3 Å². The Labute approximate surface area is 142 Å². The Morgan fingerprint density at radius 1 is 0.875 bits per heavy atom. The van der Waals surface area contributed by atoms with Gasteiger partial charge in [0.25, 0.3) is 0 Å². The molecule has 24 heavy (non-hydrogen) atoms. The standard InChI is InChI=1S/C18H18F3NOS/c1-17(2,3)24(23)22-12-13-4-6-14(7-5-13)15-8-10-16(11-9-15)18(19,20)21/h4-12H,1-3H3. The van der Waals surface area contributed by atoms with Crippen molar-refractivity contribution in [1.29, 1.82) is 0 Å². The van der Waals surface area contributed by atoms with E-state index in [9.17, 15) is 17.7 Å². The summed E-state index contributed by atoms with van der Waals surface area (Å²) in [6.45, 7) is 5.52. The number of hydrogen-bond donors (Lipinski definition) is 0. The van der Waals surface area contributed by atoms with Crippen LogP contribution in [-0.4, -0.2) is 15.5 Å². The summed E-state index contributed by atoms with van der Waals surface area (Å²) < 4.78 is 53.2. The number of hydrogen-bond acceptors (Lipinski definition) is 2. The molecule has 0 spiro atoms. The number of alkyl halides is 3. The van der Waals surface area contributed by atoms with Crippen LogP contribution < -0.4 is 0 Å².